The number of carboxylic acid groups (broad SMARTS) is 1. The average molecular weight is 367 g/mol. The molecule has 0 bridgehead atoms. The Labute approximate surface area is 133 Å². The highest BCUT2D eigenvalue weighted by molar-refractivity contribution is 7.87. The summed E-state index contributed by atoms with van der Waals surface area (Å²) in [5, 5.41) is 8.70. The number of aliphatic carboxylic acids is 1. The van der Waals surface area contributed by atoms with Crippen molar-refractivity contribution in [1.82, 2.24) is 0 Å². The third kappa shape index (κ3) is 7.93. The molecule has 4 N–H and O–H groups in total. The number of rotatable bonds is 9. The minimum Gasteiger partial charge on any atom is -0.480 e. The first kappa shape index (κ1) is 19.4. The number of hydrogen-bond donors (Lipinski definition) is 3. The topological polar surface area (TPSA) is 161 Å². The zero-order valence-electron chi connectivity index (χ0n) is 12.0. The van der Waals surface area contributed by atoms with Gasteiger partial charge in [0, 0.05) is 0 Å². The van der Waals surface area contributed by atoms with Crippen LogP contribution in [-0.2, 0) is 31.5 Å². The Balaban J connectivity index is 2.61. The quantitative estimate of drug-likeness (QED) is 0.390. The van der Waals surface area contributed by atoms with Crippen molar-refractivity contribution in [3.63, 3.8) is 0 Å². The molecule has 0 aliphatic rings. The molecule has 0 amide bonds. The average Bonchev–Trinajstić information content (AvgIpc) is 2.38. The Hall–Kier alpha value is -1.69. The molecule has 0 fully saturated rings. The minimum absolute atomic E-state index is 0.00417. The molecule has 0 saturated carbocycles. The lowest BCUT2D eigenvalue weighted by Gasteiger charge is -2.09. The van der Waals surface area contributed by atoms with Crippen molar-refractivity contribution < 1.29 is 35.5 Å². The van der Waals surface area contributed by atoms with Gasteiger partial charge in [-0.2, -0.15) is 16.8 Å². The van der Waals surface area contributed by atoms with Crippen molar-refractivity contribution in [2.75, 3.05) is 11.5 Å². The van der Waals surface area contributed by atoms with Gasteiger partial charge in [0.1, 0.15) is 11.8 Å². The fourth-order valence-corrected chi connectivity index (χ4v) is 3.31. The molecule has 0 aliphatic heterocycles. The largest absolute Gasteiger partial charge is 0.480 e. The van der Waals surface area contributed by atoms with Gasteiger partial charge in [-0.3, -0.25) is 9.35 Å². The van der Waals surface area contributed by atoms with Gasteiger partial charge in [0.05, 0.1) is 11.5 Å². The highest BCUT2D eigenvalue weighted by atomic mass is 32.2. The second-order valence-corrected chi connectivity index (χ2v) is 8.04. The molecule has 1 unspecified atom stereocenters. The van der Waals surface area contributed by atoms with E-state index < -0.39 is 43.8 Å². The van der Waals surface area contributed by atoms with Crippen LogP contribution < -0.4 is 9.92 Å². The number of hydrogen-bond acceptors (Lipinski definition) is 7. The van der Waals surface area contributed by atoms with E-state index in [0.717, 1.165) is 0 Å². The summed E-state index contributed by atoms with van der Waals surface area (Å²) in [6, 6.07) is 4.57. The first-order chi connectivity index (χ1) is 10.5. The van der Waals surface area contributed by atoms with Crippen LogP contribution >= 0.6 is 0 Å². The second-order valence-electron chi connectivity index (χ2n) is 4.78. The van der Waals surface area contributed by atoms with E-state index in [-0.39, 0.29) is 18.6 Å². The first-order valence-electron chi connectivity index (χ1n) is 6.43. The number of nitrogens with two attached hydrogens (primary N) is 1. The summed E-state index contributed by atoms with van der Waals surface area (Å²) in [5.74, 6) is -2.39. The summed E-state index contributed by atoms with van der Waals surface area (Å²) in [6.45, 7) is 0. The van der Waals surface area contributed by atoms with Gasteiger partial charge >= 0.3 is 16.1 Å². The normalized spacial score (nSPS) is 13.5. The highest BCUT2D eigenvalue weighted by Gasteiger charge is 2.16. The molecular weight excluding hydrogens is 350 g/mol. The summed E-state index contributed by atoms with van der Waals surface area (Å²) >= 11 is 0. The molecule has 0 spiro atoms. The van der Waals surface area contributed by atoms with E-state index in [4.69, 9.17) is 19.6 Å². The van der Waals surface area contributed by atoms with Crippen LogP contribution in [0.5, 0.6) is 5.75 Å². The zero-order chi connectivity index (χ0) is 17.7. The van der Waals surface area contributed by atoms with Crippen molar-refractivity contribution in [3.05, 3.63) is 29.8 Å². The predicted molar refractivity (Wildman–Crippen MR) is 81.2 cm³/mol. The van der Waals surface area contributed by atoms with Crippen molar-refractivity contribution >= 4 is 26.2 Å². The summed E-state index contributed by atoms with van der Waals surface area (Å²) in [5.41, 5.74) is 5.98. The first-order valence-corrected chi connectivity index (χ1v) is 9.62. The zero-order valence-corrected chi connectivity index (χ0v) is 13.6. The Bertz CT molecular complexity index is 740. The lowest BCUT2D eigenvalue weighted by Crippen LogP contribution is -2.32. The monoisotopic (exact) mass is 367 g/mol. The van der Waals surface area contributed by atoms with Gasteiger partial charge in [-0.05, 0) is 30.5 Å². The molecule has 0 aromatic heterocycles. The Morgan fingerprint density at radius 2 is 1.70 bits per heavy atom. The maximum absolute atomic E-state index is 11.6. The Morgan fingerprint density at radius 3 is 2.17 bits per heavy atom. The van der Waals surface area contributed by atoms with Gasteiger partial charge < -0.3 is 15.0 Å². The Kier molecular flexibility index (Phi) is 6.50. The van der Waals surface area contributed by atoms with E-state index in [0.29, 0.717) is 5.56 Å². The van der Waals surface area contributed by atoms with Crippen LogP contribution in [0, 0.1) is 0 Å². The van der Waals surface area contributed by atoms with Gasteiger partial charge in [-0.1, -0.05) is 12.1 Å². The summed E-state index contributed by atoms with van der Waals surface area (Å²) in [6.07, 6.45) is -0.219. The molecule has 130 valence electrons. The lowest BCUT2D eigenvalue weighted by atomic mass is 10.1. The van der Waals surface area contributed by atoms with E-state index in [2.05, 4.69) is 0 Å². The molecule has 23 heavy (non-hydrogen) atoms. The molecule has 1 rings (SSSR count). The van der Waals surface area contributed by atoms with E-state index in [1.165, 1.54) is 24.3 Å². The molecule has 11 heteroatoms. The van der Waals surface area contributed by atoms with E-state index in [9.17, 15) is 21.6 Å². The number of benzene rings is 1. The van der Waals surface area contributed by atoms with E-state index in [1.807, 2.05) is 0 Å². The summed E-state index contributed by atoms with van der Waals surface area (Å²) < 4.78 is 57.6. The van der Waals surface area contributed by atoms with Crippen LogP contribution in [0.4, 0.5) is 0 Å². The molecule has 1 atom stereocenters. The van der Waals surface area contributed by atoms with Crippen molar-refractivity contribution in [2.24, 2.45) is 5.73 Å². The third-order valence-corrected chi connectivity index (χ3v) is 4.76. The van der Waals surface area contributed by atoms with Gasteiger partial charge in [0.2, 0.25) is 0 Å². The second kappa shape index (κ2) is 7.73. The molecule has 1 aromatic rings. The van der Waals surface area contributed by atoms with Crippen LogP contribution in [0.2, 0.25) is 0 Å². The summed E-state index contributed by atoms with van der Waals surface area (Å²) in [4.78, 5) is 10.6. The molecule has 1 aromatic carbocycles. The number of carboxylic acids is 1. The van der Waals surface area contributed by atoms with Crippen LogP contribution in [-0.4, -0.2) is 50.0 Å². The standard InChI is InChI=1S/C12H17NO8S2/c13-11(12(14)15)8-9-2-4-10(5-3-9)21-23(19,20)7-1-6-22(16,17)18/h2-5,11H,1,6-8,13H2,(H,14,15)(H,16,17,18). The molecular formula is C12H17NO8S2. The van der Waals surface area contributed by atoms with Gasteiger partial charge in [0.15, 0.2) is 0 Å². The minimum atomic E-state index is -4.22. The molecule has 0 radical (unpaired) electrons. The summed E-state index contributed by atoms with van der Waals surface area (Å²) in [7, 11) is -8.22. The van der Waals surface area contributed by atoms with E-state index >= 15 is 0 Å². The van der Waals surface area contributed by atoms with Gasteiger partial charge in [-0.25, -0.2) is 0 Å². The van der Waals surface area contributed by atoms with E-state index in [1.54, 1.807) is 0 Å². The van der Waals surface area contributed by atoms with Crippen LogP contribution in [0.25, 0.3) is 0 Å². The van der Waals surface area contributed by atoms with Crippen molar-refractivity contribution in [3.8, 4) is 5.75 Å². The lowest BCUT2D eigenvalue weighted by molar-refractivity contribution is -0.138. The highest BCUT2D eigenvalue weighted by Crippen LogP contribution is 2.16. The fourth-order valence-electron chi connectivity index (χ4n) is 1.63. The van der Waals surface area contributed by atoms with Crippen molar-refractivity contribution in [1.29, 1.82) is 0 Å². The predicted octanol–water partition coefficient (Wildman–Crippen LogP) is -0.372. The van der Waals surface area contributed by atoms with Gasteiger partial charge in [-0.15, -0.1) is 0 Å². The number of carbonyl (C=O) groups is 1. The third-order valence-electron chi connectivity index (χ3n) is 2.72. The smallest absolute Gasteiger partial charge is 0.320 e. The molecule has 0 aliphatic carbocycles. The van der Waals surface area contributed by atoms with Crippen molar-refractivity contribution in [2.45, 2.75) is 18.9 Å². The molecule has 9 nitrogen and oxygen atoms in total. The maximum Gasteiger partial charge on any atom is 0.320 e. The molecule has 0 saturated heterocycles. The Morgan fingerprint density at radius 1 is 1.13 bits per heavy atom. The van der Waals surface area contributed by atoms with Crippen LogP contribution in [0.3, 0.4) is 0 Å². The fraction of sp³-hybridized carbons (Fsp3) is 0.417. The van der Waals surface area contributed by atoms with Crippen LogP contribution in [0.15, 0.2) is 24.3 Å². The van der Waals surface area contributed by atoms with Crippen LogP contribution in [0.1, 0.15) is 12.0 Å². The molecule has 0 heterocycles. The maximum atomic E-state index is 11.6. The van der Waals surface area contributed by atoms with Gasteiger partial charge in [0.25, 0.3) is 10.1 Å². The SMILES string of the molecule is NC(Cc1ccc(OS(=O)(=O)CCCS(=O)(=O)O)cc1)C(=O)O.